The predicted molar refractivity (Wildman–Crippen MR) is 90.2 cm³/mol. The van der Waals surface area contributed by atoms with Crippen molar-refractivity contribution in [3.8, 4) is 5.75 Å². The highest BCUT2D eigenvalue weighted by atomic mass is 16.6. The van der Waals surface area contributed by atoms with Gasteiger partial charge in [-0.1, -0.05) is 18.2 Å². The Kier molecular flexibility index (Phi) is 4.78. The van der Waals surface area contributed by atoms with Gasteiger partial charge in [-0.05, 0) is 43.3 Å². The minimum Gasteiger partial charge on any atom is -0.410 e. The first-order valence-electron chi connectivity index (χ1n) is 7.71. The number of benzene rings is 2. The second kappa shape index (κ2) is 7.15. The highest BCUT2D eigenvalue weighted by Crippen LogP contribution is 2.20. The van der Waals surface area contributed by atoms with Gasteiger partial charge in [0.25, 0.3) is 0 Å². The van der Waals surface area contributed by atoms with Crippen molar-refractivity contribution < 1.29 is 14.3 Å². The molecule has 1 aliphatic heterocycles. The molecule has 0 radical (unpaired) electrons. The van der Waals surface area contributed by atoms with Crippen LogP contribution >= 0.6 is 0 Å². The number of morpholine rings is 1. The van der Waals surface area contributed by atoms with Gasteiger partial charge < -0.3 is 14.4 Å². The molecule has 1 fully saturated rings. The summed E-state index contributed by atoms with van der Waals surface area (Å²) in [6, 6.07) is 16.7. The van der Waals surface area contributed by atoms with Gasteiger partial charge in [-0.15, -0.1) is 0 Å². The summed E-state index contributed by atoms with van der Waals surface area (Å²) in [6.07, 6.45) is -0.258. The number of hydrogen-bond acceptors (Lipinski definition) is 4. The molecule has 5 nitrogen and oxygen atoms in total. The van der Waals surface area contributed by atoms with Crippen LogP contribution in [0.1, 0.15) is 6.92 Å². The van der Waals surface area contributed by atoms with E-state index >= 15 is 0 Å². The Morgan fingerprint density at radius 3 is 2.61 bits per heavy atom. The Balaban J connectivity index is 1.58. The lowest BCUT2D eigenvalue weighted by Gasteiger charge is -2.33. The molecule has 0 saturated carbocycles. The zero-order valence-electron chi connectivity index (χ0n) is 13.1. The number of carbonyl (C=O) groups is 1. The van der Waals surface area contributed by atoms with Crippen molar-refractivity contribution in [3.63, 3.8) is 0 Å². The Bertz CT molecular complexity index is 643. The van der Waals surface area contributed by atoms with Crippen LogP contribution < -0.4 is 15.0 Å². The van der Waals surface area contributed by atoms with Gasteiger partial charge in [0.2, 0.25) is 0 Å². The molecule has 0 bridgehead atoms. The van der Waals surface area contributed by atoms with Crippen LogP contribution in [0, 0.1) is 0 Å². The number of para-hydroxylation sites is 1. The number of rotatable bonds is 3. The Morgan fingerprint density at radius 2 is 1.91 bits per heavy atom. The quantitative estimate of drug-likeness (QED) is 0.942. The number of nitrogens with zero attached hydrogens (tertiary/aromatic N) is 1. The van der Waals surface area contributed by atoms with Crippen LogP contribution in [0.5, 0.6) is 5.75 Å². The fraction of sp³-hybridized carbons (Fsp3) is 0.278. The summed E-state index contributed by atoms with van der Waals surface area (Å²) in [5.41, 5.74) is 1.83. The van der Waals surface area contributed by atoms with Crippen LogP contribution in [-0.2, 0) is 4.74 Å². The second-order valence-electron chi connectivity index (χ2n) is 5.50. The third kappa shape index (κ3) is 4.23. The van der Waals surface area contributed by atoms with Crippen molar-refractivity contribution in [2.45, 2.75) is 13.0 Å². The zero-order valence-corrected chi connectivity index (χ0v) is 13.1. The zero-order chi connectivity index (χ0) is 16.1. The maximum atomic E-state index is 11.9. The molecule has 3 rings (SSSR count). The molecule has 0 spiro atoms. The van der Waals surface area contributed by atoms with E-state index in [1.165, 1.54) is 0 Å². The van der Waals surface area contributed by atoms with E-state index in [0.29, 0.717) is 11.4 Å². The van der Waals surface area contributed by atoms with Crippen LogP contribution in [0.25, 0.3) is 0 Å². The largest absolute Gasteiger partial charge is 0.417 e. The van der Waals surface area contributed by atoms with Gasteiger partial charge in [-0.25, -0.2) is 4.79 Å². The Morgan fingerprint density at radius 1 is 1.17 bits per heavy atom. The number of hydrogen-bond donors (Lipinski definition) is 1. The van der Waals surface area contributed by atoms with Gasteiger partial charge in [-0.3, -0.25) is 5.32 Å². The number of anilines is 2. The molecule has 120 valence electrons. The van der Waals surface area contributed by atoms with Gasteiger partial charge in [0.05, 0.1) is 12.7 Å². The highest BCUT2D eigenvalue weighted by Gasteiger charge is 2.16. The van der Waals surface area contributed by atoms with E-state index in [-0.39, 0.29) is 6.10 Å². The standard InChI is InChI=1S/C18H20N2O3/c1-14-13-20(11-12-22-14)16-9-7-15(8-10-16)19-18(21)23-17-5-3-2-4-6-17/h2-10,14H,11-13H2,1H3,(H,19,21). The third-order valence-corrected chi connectivity index (χ3v) is 3.67. The van der Waals surface area contributed by atoms with Crippen molar-refractivity contribution in [3.05, 3.63) is 54.6 Å². The highest BCUT2D eigenvalue weighted by molar-refractivity contribution is 5.86. The maximum Gasteiger partial charge on any atom is 0.417 e. The molecule has 1 heterocycles. The number of carbonyl (C=O) groups excluding carboxylic acids is 1. The molecule has 23 heavy (non-hydrogen) atoms. The summed E-state index contributed by atoms with van der Waals surface area (Å²) in [5.74, 6) is 0.518. The molecule has 5 heteroatoms. The Labute approximate surface area is 135 Å². The monoisotopic (exact) mass is 312 g/mol. The first kappa shape index (κ1) is 15.4. The van der Waals surface area contributed by atoms with Crippen molar-refractivity contribution >= 4 is 17.5 Å². The van der Waals surface area contributed by atoms with E-state index in [2.05, 4.69) is 17.1 Å². The second-order valence-corrected chi connectivity index (χ2v) is 5.50. The third-order valence-electron chi connectivity index (χ3n) is 3.67. The number of amides is 1. The van der Waals surface area contributed by atoms with Crippen LogP contribution in [0.2, 0.25) is 0 Å². The van der Waals surface area contributed by atoms with E-state index in [0.717, 1.165) is 25.4 Å². The van der Waals surface area contributed by atoms with E-state index in [1.54, 1.807) is 12.1 Å². The molecule has 0 aliphatic carbocycles. The van der Waals surface area contributed by atoms with E-state index in [9.17, 15) is 4.79 Å². The van der Waals surface area contributed by atoms with Gasteiger partial charge in [0, 0.05) is 24.5 Å². The average molecular weight is 312 g/mol. The van der Waals surface area contributed by atoms with Crippen molar-refractivity contribution in [1.29, 1.82) is 0 Å². The first-order chi connectivity index (χ1) is 11.2. The molecule has 1 amide bonds. The van der Waals surface area contributed by atoms with Crippen molar-refractivity contribution in [1.82, 2.24) is 0 Å². The summed E-state index contributed by atoms with van der Waals surface area (Å²) in [5, 5.41) is 2.72. The summed E-state index contributed by atoms with van der Waals surface area (Å²) < 4.78 is 10.7. The van der Waals surface area contributed by atoms with E-state index in [4.69, 9.17) is 9.47 Å². The first-order valence-corrected chi connectivity index (χ1v) is 7.71. The molecular formula is C18H20N2O3. The van der Waals surface area contributed by atoms with Crippen LogP contribution in [-0.4, -0.2) is 31.9 Å². The lowest BCUT2D eigenvalue weighted by atomic mass is 10.2. The molecule has 1 N–H and O–H groups in total. The van der Waals surface area contributed by atoms with Gasteiger partial charge in [0.15, 0.2) is 0 Å². The van der Waals surface area contributed by atoms with Crippen LogP contribution in [0.3, 0.4) is 0 Å². The lowest BCUT2D eigenvalue weighted by molar-refractivity contribution is 0.0532. The molecule has 1 saturated heterocycles. The smallest absolute Gasteiger partial charge is 0.410 e. The molecule has 2 aromatic rings. The van der Waals surface area contributed by atoms with Crippen molar-refractivity contribution in [2.75, 3.05) is 29.9 Å². The minimum atomic E-state index is -0.496. The van der Waals surface area contributed by atoms with Gasteiger partial charge in [-0.2, -0.15) is 0 Å². The summed E-state index contributed by atoms with van der Waals surface area (Å²) in [6.45, 7) is 4.57. The van der Waals surface area contributed by atoms with E-state index < -0.39 is 6.09 Å². The normalized spacial score (nSPS) is 17.6. The number of ether oxygens (including phenoxy) is 2. The van der Waals surface area contributed by atoms with Gasteiger partial charge in [0.1, 0.15) is 5.75 Å². The predicted octanol–water partition coefficient (Wildman–Crippen LogP) is 3.52. The fourth-order valence-electron chi connectivity index (χ4n) is 2.55. The summed E-state index contributed by atoms with van der Waals surface area (Å²) >= 11 is 0. The summed E-state index contributed by atoms with van der Waals surface area (Å²) in [7, 11) is 0. The molecule has 2 aromatic carbocycles. The molecule has 1 unspecified atom stereocenters. The lowest BCUT2D eigenvalue weighted by Crippen LogP contribution is -2.41. The SMILES string of the molecule is CC1CN(c2ccc(NC(=O)Oc3ccccc3)cc2)CCO1. The fourth-order valence-corrected chi connectivity index (χ4v) is 2.55. The van der Waals surface area contributed by atoms with E-state index in [1.807, 2.05) is 42.5 Å². The van der Waals surface area contributed by atoms with Crippen molar-refractivity contribution in [2.24, 2.45) is 0 Å². The Hall–Kier alpha value is -2.53. The molecule has 1 atom stereocenters. The topological polar surface area (TPSA) is 50.8 Å². The maximum absolute atomic E-state index is 11.9. The average Bonchev–Trinajstić information content (AvgIpc) is 2.56. The minimum absolute atomic E-state index is 0.238. The molecular weight excluding hydrogens is 292 g/mol. The summed E-state index contributed by atoms with van der Waals surface area (Å²) in [4.78, 5) is 14.1. The van der Waals surface area contributed by atoms with Crippen LogP contribution in [0.15, 0.2) is 54.6 Å². The van der Waals surface area contributed by atoms with Crippen LogP contribution in [0.4, 0.5) is 16.2 Å². The van der Waals surface area contributed by atoms with Gasteiger partial charge >= 0.3 is 6.09 Å². The number of nitrogens with one attached hydrogen (secondary N) is 1. The molecule has 0 aromatic heterocycles. The molecule has 1 aliphatic rings.